The van der Waals surface area contributed by atoms with Gasteiger partial charge in [-0.15, -0.1) is 0 Å². The lowest BCUT2D eigenvalue weighted by Gasteiger charge is -2.48. The van der Waals surface area contributed by atoms with Gasteiger partial charge in [0.2, 0.25) is 0 Å². The Kier molecular flexibility index (Phi) is 2.45. The molecule has 3 nitrogen and oxygen atoms in total. The fourth-order valence-corrected chi connectivity index (χ4v) is 1.55. The second kappa shape index (κ2) is 3.82. The third-order valence-electron chi connectivity index (χ3n) is 3.54. The Hall–Kier alpha value is -0.930. The van der Waals surface area contributed by atoms with Gasteiger partial charge in [-0.05, 0) is 19.9 Å². The molecule has 1 fully saturated rings. The van der Waals surface area contributed by atoms with Gasteiger partial charge >= 0.3 is 0 Å². The highest BCUT2D eigenvalue weighted by Gasteiger charge is 2.44. The average Bonchev–Trinajstić information content (AvgIpc) is 2.23. The number of rotatable bonds is 1. The topological polar surface area (TPSA) is 31.4 Å². The lowest BCUT2D eigenvalue weighted by molar-refractivity contribution is -0.300. The van der Waals surface area contributed by atoms with Crippen LogP contribution in [-0.4, -0.2) is 17.2 Å². The maximum absolute atomic E-state index is 7.35. The quantitative estimate of drug-likeness (QED) is 0.732. The first-order chi connectivity index (χ1) is 7.82. The maximum Gasteiger partial charge on any atom is 0.185 e. The van der Waals surface area contributed by atoms with Gasteiger partial charge in [-0.1, -0.05) is 19.9 Å². The van der Waals surface area contributed by atoms with E-state index in [-0.39, 0.29) is 23.5 Å². The summed E-state index contributed by atoms with van der Waals surface area (Å²) in [5, 5.41) is 0. The van der Waals surface area contributed by atoms with Gasteiger partial charge in [0.05, 0.1) is 13.6 Å². The molecule has 2 heterocycles. The fraction of sp³-hybridized carbons (Fsp3) is 0.615. The number of pyridine rings is 1. The molecule has 1 aliphatic heterocycles. The molecule has 0 saturated carbocycles. The van der Waals surface area contributed by atoms with Crippen molar-refractivity contribution < 1.29 is 10.8 Å². The molecule has 1 atom stereocenters. The van der Waals surface area contributed by atoms with Crippen molar-refractivity contribution in [2.75, 3.05) is 6.61 Å². The van der Waals surface area contributed by atoms with Crippen molar-refractivity contribution in [3.63, 3.8) is 0 Å². The number of ether oxygens (including phenoxy) is 2. The number of nitrogens with zero attached hydrogens (tertiary/aromatic N) is 1. The largest absolute Gasteiger partial charge is 0.348 e. The Bertz CT molecular complexity index is 400. The molecular weight excluding hydrogens is 202 g/mol. The van der Waals surface area contributed by atoms with Crippen molar-refractivity contribution in [2.45, 2.75) is 39.6 Å². The lowest BCUT2D eigenvalue weighted by atomic mass is 9.77. The molecule has 0 amide bonds. The molecule has 0 radical (unpaired) electrons. The second-order valence-corrected chi connectivity index (χ2v) is 5.38. The highest BCUT2D eigenvalue weighted by Crippen LogP contribution is 2.43. The van der Waals surface area contributed by atoms with Crippen LogP contribution in [-0.2, 0) is 9.47 Å². The summed E-state index contributed by atoms with van der Waals surface area (Å²) in [6.07, 6.45) is 1.51. The summed E-state index contributed by atoms with van der Waals surface area (Å²) in [5.74, 6) is 0. The molecular formula is C13H19NO2. The van der Waals surface area contributed by atoms with Crippen LogP contribution in [0.5, 0.6) is 0 Å². The van der Waals surface area contributed by atoms with Gasteiger partial charge < -0.3 is 9.47 Å². The summed E-state index contributed by atoms with van der Waals surface area (Å²) >= 11 is 0. The first-order valence-corrected chi connectivity index (χ1v) is 5.54. The molecule has 2 rings (SSSR count). The van der Waals surface area contributed by atoms with Crippen LogP contribution in [0.15, 0.2) is 24.5 Å². The third-order valence-corrected chi connectivity index (χ3v) is 3.54. The minimum absolute atomic E-state index is 0.0215. The van der Waals surface area contributed by atoms with E-state index in [1.54, 1.807) is 12.3 Å². The monoisotopic (exact) mass is 222 g/mol. The molecule has 1 aliphatic rings. The Balaban J connectivity index is 2.18. The highest BCUT2D eigenvalue weighted by atomic mass is 16.7. The van der Waals surface area contributed by atoms with Gasteiger partial charge in [-0.25, -0.2) is 0 Å². The first-order valence-electron chi connectivity index (χ1n) is 6.04. The van der Waals surface area contributed by atoms with Crippen molar-refractivity contribution in [2.24, 2.45) is 5.41 Å². The standard InChI is InChI=1S/C13H19NO2/c1-12(2)9-15-11(16-13(12,3)4)10-6-5-7-14-8-10/h5-8,11H,9H2,1-4H3/i7D. The SMILES string of the molecule is [2H]c1ccc(C2OCC(C)(C)C(C)(C)O2)cn1. The minimum atomic E-state index is -0.383. The molecule has 1 unspecified atom stereocenters. The number of hydrogen-bond donors (Lipinski definition) is 0. The predicted molar refractivity (Wildman–Crippen MR) is 61.9 cm³/mol. The summed E-state index contributed by atoms with van der Waals surface area (Å²) in [5.41, 5.74) is 0.589. The van der Waals surface area contributed by atoms with Crippen LogP contribution in [0.2, 0.25) is 0 Å². The third kappa shape index (κ3) is 1.97. The van der Waals surface area contributed by atoms with Gasteiger partial charge in [-0.3, -0.25) is 4.98 Å². The Labute approximate surface area is 98.2 Å². The van der Waals surface area contributed by atoms with Crippen molar-refractivity contribution in [1.82, 2.24) is 4.98 Å². The molecule has 3 heteroatoms. The smallest absolute Gasteiger partial charge is 0.185 e. The van der Waals surface area contributed by atoms with Crippen LogP contribution in [0.4, 0.5) is 0 Å². The van der Waals surface area contributed by atoms with Crippen LogP contribution in [0, 0.1) is 5.41 Å². The van der Waals surface area contributed by atoms with E-state index in [2.05, 4.69) is 32.7 Å². The van der Waals surface area contributed by atoms with E-state index >= 15 is 0 Å². The van der Waals surface area contributed by atoms with E-state index < -0.39 is 0 Å². The van der Waals surface area contributed by atoms with Gasteiger partial charge in [0.1, 0.15) is 0 Å². The predicted octanol–water partition coefficient (Wildman–Crippen LogP) is 2.93. The van der Waals surface area contributed by atoms with Crippen LogP contribution in [0.25, 0.3) is 0 Å². The van der Waals surface area contributed by atoms with Gasteiger partial charge in [0, 0.05) is 23.3 Å². The first kappa shape index (κ1) is 10.2. The minimum Gasteiger partial charge on any atom is -0.348 e. The van der Waals surface area contributed by atoms with Crippen LogP contribution >= 0.6 is 0 Å². The van der Waals surface area contributed by atoms with Crippen molar-refractivity contribution in [1.29, 1.82) is 0 Å². The average molecular weight is 222 g/mol. The maximum atomic E-state index is 7.35. The molecule has 1 aromatic rings. The molecule has 0 spiro atoms. The fourth-order valence-electron chi connectivity index (χ4n) is 1.55. The van der Waals surface area contributed by atoms with E-state index in [9.17, 15) is 0 Å². The van der Waals surface area contributed by atoms with E-state index in [0.717, 1.165) is 5.56 Å². The Morgan fingerprint density at radius 3 is 2.75 bits per heavy atom. The molecule has 1 saturated heterocycles. The molecule has 16 heavy (non-hydrogen) atoms. The molecule has 0 N–H and O–H groups in total. The van der Waals surface area contributed by atoms with Crippen LogP contribution in [0.1, 0.15) is 40.9 Å². The summed E-state index contributed by atoms with van der Waals surface area (Å²) in [7, 11) is 0. The number of aromatic nitrogens is 1. The van der Waals surface area contributed by atoms with E-state index in [0.29, 0.717) is 6.61 Å². The zero-order valence-corrected chi connectivity index (χ0v) is 10.3. The van der Waals surface area contributed by atoms with Crippen LogP contribution < -0.4 is 0 Å². The van der Waals surface area contributed by atoms with Crippen molar-refractivity contribution >= 4 is 0 Å². The van der Waals surface area contributed by atoms with Gasteiger partial charge in [0.25, 0.3) is 0 Å². The normalized spacial score (nSPS) is 28.5. The molecule has 0 bridgehead atoms. The summed E-state index contributed by atoms with van der Waals surface area (Å²) in [6, 6.07) is 3.48. The molecule has 0 aromatic carbocycles. The molecule has 0 aliphatic carbocycles. The van der Waals surface area contributed by atoms with E-state index in [1.807, 2.05) is 6.07 Å². The molecule has 88 valence electrons. The summed E-state index contributed by atoms with van der Waals surface area (Å²) in [6.45, 7) is 9.07. The van der Waals surface area contributed by atoms with Crippen LogP contribution in [0.3, 0.4) is 0 Å². The lowest BCUT2D eigenvalue weighted by Crippen LogP contribution is -2.50. The number of hydrogen-bond acceptors (Lipinski definition) is 3. The zero-order valence-electron chi connectivity index (χ0n) is 11.3. The zero-order chi connectivity index (χ0) is 12.7. The van der Waals surface area contributed by atoms with Crippen molar-refractivity contribution in [3.05, 3.63) is 30.1 Å². The summed E-state index contributed by atoms with van der Waals surface area (Å²) in [4.78, 5) is 3.95. The second-order valence-electron chi connectivity index (χ2n) is 5.38. The van der Waals surface area contributed by atoms with E-state index in [1.165, 1.54) is 0 Å². The Morgan fingerprint density at radius 1 is 1.44 bits per heavy atom. The van der Waals surface area contributed by atoms with Gasteiger partial charge in [-0.2, -0.15) is 0 Å². The summed E-state index contributed by atoms with van der Waals surface area (Å²) < 4.78 is 19.1. The Morgan fingerprint density at radius 2 is 2.19 bits per heavy atom. The van der Waals surface area contributed by atoms with Crippen molar-refractivity contribution in [3.8, 4) is 0 Å². The van der Waals surface area contributed by atoms with E-state index in [4.69, 9.17) is 10.8 Å². The highest BCUT2D eigenvalue weighted by molar-refractivity contribution is 5.11. The van der Waals surface area contributed by atoms with Gasteiger partial charge in [0.15, 0.2) is 6.29 Å². The molecule has 1 aromatic heterocycles.